The molecule has 0 saturated heterocycles. The third kappa shape index (κ3) is 2.46. The third-order valence-electron chi connectivity index (χ3n) is 2.05. The van der Waals surface area contributed by atoms with Crippen LogP contribution < -0.4 is 5.73 Å². The molecule has 0 radical (unpaired) electrons. The van der Waals surface area contributed by atoms with Crippen molar-refractivity contribution in [2.75, 3.05) is 5.73 Å². The summed E-state index contributed by atoms with van der Waals surface area (Å²) in [6, 6.07) is 7.07. The van der Waals surface area contributed by atoms with E-state index in [9.17, 15) is 4.21 Å². The molecule has 0 amide bonds. The minimum atomic E-state index is -1.13. The highest BCUT2D eigenvalue weighted by Crippen LogP contribution is 2.13. The normalized spacial score (nSPS) is 12.6. The van der Waals surface area contributed by atoms with Gasteiger partial charge in [0.2, 0.25) is 0 Å². The second-order valence-corrected chi connectivity index (χ2v) is 4.90. The SMILES string of the molecule is Cn1cc(CS(=O)c2cccc(N)c2)nn1. The average molecular weight is 236 g/mol. The van der Waals surface area contributed by atoms with E-state index >= 15 is 0 Å². The Morgan fingerprint density at radius 3 is 2.94 bits per heavy atom. The molecule has 0 aliphatic heterocycles. The molecule has 2 N–H and O–H groups in total. The molecule has 0 aliphatic rings. The number of anilines is 1. The predicted molar refractivity (Wildman–Crippen MR) is 62.0 cm³/mol. The summed E-state index contributed by atoms with van der Waals surface area (Å²) < 4.78 is 13.5. The number of nitrogens with two attached hydrogens (primary N) is 1. The van der Waals surface area contributed by atoms with Gasteiger partial charge in [0.1, 0.15) is 0 Å². The monoisotopic (exact) mass is 236 g/mol. The van der Waals surface area contributed by atoms with Crippen molar-refractivity contribution in [1.29, 1.82) is 0 Å². The van der Waals surface area contributed by atoms with Gasteiger partial charge in [-0.3, -0.25) is 8.89 Å². The fraction of sp³-hybridized carbons (Fsp3) is 0.200. The maximum atomic E-state index is 12.0. The molecule has 6 heteroatoms. The summed E-state index contributed by atoms with van der Waals surface area (Å²) in [6.45, 7) is 0. The van der Waals surface area contributed by atoms with Crippen molar-refractivity contribution in [3.8, 4) is 0 Å². The molecule has 5 nitrogen and oxygen atoms in total. The molecular weight excluding hydrogens is 224 g/mol. The second kappa shape index (κ2) is 4.44. The number of hydrogen-bond donors (Lipinski definition) is 1. The zero-order chi connectivity index (χ0) is 11.5. The van der Waals surface area contributed by atoms with Gasteiger partial charge in [-0.1, -0.05) is 11.3 Å². The van der Waals surface area contributed by atoms with Crippen LogP contribution >= 0.6 is 0 Å². The van der Waals surface area contributed by atoms with Crippen molar-refractivity contribution in [3.63, 3.8) is 0 Å². The summed E-state index contributed by atoms with van der Waals surface area (Å²) in [6.07, 6.45) is 1.75. The van der Waals surface area contributed by atoms with E-state index in [2.05, 4.69) is 10.3 Å². The van der Waals surface area contributed by atoms with E-state index in [1.807, 2.05) is 0 Å². The Morgan fingerprint density at radius 1 is 1.50 bits per heavy atom. The van der Waals surface area contributed by atoms with E-state index in [1.165, 1.54) is 0 Å². The molecule has 0 aliphatic carbocycles. The first kappa shape index (κ1) is 10.8. The van der Waals surface area contributed by atoms with Crippen LogP contribution in [0.1, 0.15) is 5.69 Å². The van der Waals surface area contributed by atoms with Crippen molar-refractivity contribution < 1.29 is 4.21 Å². The van der Waals surface area contributed by atoms with Crippen LogP contribution in [0.3, 0.4) is 0 Å². The van der Waals surface area contributed by atoms with Crippen LogP contribution in [0.25, 0.3) is 0 Å². The van der Waals surface area contributed by atoms with Gasteiger partial charge >= 0.3 is 0 Å². The summed E-state index contributed by atoms with van der Waals surface area (Å²) >= 11 is 0. The van der Waals surface area contributed by atoms with Crippen molar-refractivity contribution in [2.45, 2.75) is 10.6 Å². The van der Waals surface area contributed by atoms with Crippen LogP contribution in [0.5, 0.6) is 0 Å². The van der Waals surface area contributed by atoms with E-state index in [0.29, 0.717) is 22.0 Å². The lowest BCUT2D eigenvalue weighted by Gasteiger charge is -2.00. The summed E-state index contributed by atoms with van der Waals surface area (Å²) in [7, 11) is 0.651. The van der Waals surface area contributed by atoms with E-state index in [0.717, 1.165) is 0 Å². The minimum absolute atomic E-state index is 0.358. The van der Waals surface area contributed by atoms with Crippen molar-refractivity contribution in [1.82, 2.24) is 15.0 Å². The highest BCUT2D eigenvalue weighted by atomic mass is 32.2. The molecule has 2 rings (SSSR count). The van der Waals surface area contributed by atoms with Gasteiger partial charge in [0.15, 0.2) is 0 Å². The summed E-state index contributed by atoms with van der Waals surface area (Å²) in [4.78, 5) is 0.714. The molecule has 0 spiro atoms. The van der Waals surface area contributed by atoms with Gasteiger partial charge < -0.3 is 5.73 Å². The second-order valence-electron chi connectivity index (χ2n) is 3.45. The smallest absolute Gasteiger partial charge is 0.0955 e. The van der Waals surface area contributed by atoms with Crippen LogP contribution in [-0.2, 0) is 23.6 Å². The number of rotatable bonds is 3. The summed E-state index contributed by atoms with van der Waals surface area (Å²) in [5, 5.41) is 7.68. The van der Waals surface area contributed by atoms with Gasteiger partial charge in [-0.25, -0.2) is 0 Å². The average Bonchev–Trinajstić information content (AvgIpc) is 2.64. The van der Waals surface area contributed by atoms with Crippen LogP contribution in [0.2, 0.25) is 0 Å². The van der Waals surface area contributed by atoms with Crippen LogP contribution in [-0.4, -0.2) is 19.2 Å². The predicted octanol–water partition coefficient (Wildman–Crippen LogP) is 0.705. The van der Waals surface area contributed by atoms with E-state index in [1.54, 1.807) is 42.2 Å². The number of nitrogens with zero attached hydrogens (tertiary/aromatic N) is 3. The number of nitrogen functional groups attached to an aromatic ring is 1. The first-order valence-electron chi connectivity index (χ1n) is 4.74. The third-order valence-corrected chi connectivity index (χ3v) is 3.39. The fourth-order valence-corrected chi connectivity index (χ4v) is 2.40. The maximum absolute atomic E-state index is 12.0. The Bertz CT molecular complexity index is 523. The van der Waals surface area contributed by atoms with Gasteiger partial charge in [-0.2, -0.15) is 0 Å². The Hall–Kier alpha value is -1.69. The topological polar surface area (TPSA) is 73.8 Å². The first-order chi connectivity index (χ1) is 7.65. The maximum Gasteiger partial charge on any atom is 0.0955 e. The zero-order valence-electron chi connectivity index (χ0n) is 8.83. The molecule has 0 saturated carbocycles. The molecular formula is C10H12N4OS. The molecule has 1 aromatic heterocycles. The number of hydrogen-bond acceptors (Lipinski definition) is 4. The quantitative estimate of drug-likeness (QED) is 0.796. The molecule has 1 aromatic carbocycles. The van der Waals surface area contributed by atoms with Crippen LogP contribution in [0.4, 0.5) is 5.69 Å². The van der Waals surface area contributed by atoms with Gasteiger partial charge in [-0.05, 0) is 18.2 Å². The Balaban J connectivity index is 2.14. The lowest BCUT2D eigenvalue weighted by Crippen LogP contribution is -1.98. The minimum Gasteiger partial charge on any atom is -0.399 e. The van der Waals surface area contributed by atoms with Crippen molar-refractivity contribution in [3.05, 3.63) is 36.2 Å². The molecule has 1 unspecified atom stereocenters. The van der Waals surface area contributed by atoms with Gasteiger partial charge in [0.25, 0.3) is 0 Å². The highest BCUT2D eigenvalue weighted by molar-refractivity contribution is 7.84. The fourth-order valence-electron chi connectivity index (χ4n) is 1.34. The standard InChI is InChI=1S/C10H12N4OS/c1-14-6-9(12-13-14)7-16(15)10-4-2-3-8(11)5-10/h2-6H,7,11H2,1H3. The molecule has 2 aromatic rings. The van der Waals surface area contributed by atoms with Crippen LogP contribution in [0.15, 0.2) is 35.4 Å². The van der Waals surface area contributed by atoms with Crippen LogP contribution in [0, 0.1) is 0 Å². The number of aryl methyl sites for hydroxylation is 1. The Morgan fingerprint density at radius 2 is 2.31 bits per heavy atom. The summed E-state index contributed by atoms with van der Waals surface area (Å²) in [5.74, 6) is 0.358. The molecule has 0 fully saturated rings. The van der Waals surface area contributed by atoms with Gasteiger partial charge in [-0.15, -0.1) is 5.10 Å². The van der Waals surface area contributed by atoms with E-state index in [4.69, 9.17) is 5.73 Å². The van der Waals surface area contributed by atoms with Crippen molar-refractivity contribution >= 4 is 16.5 Å². The molecule has 84 valence electrons. The van der Waals surface area contributed by atoms with Gasteiger partial charge in [0, 0.05) is 23.8 Å². The zero-order valence-corrected chi connectivity index (χ0v) is 9.65. The molecule has 1 heterocycles. The largest absolute Gasteiger partial charge is 0.399 e. The Labute approximate surface area is 95.7 Å². The van der Waals surface area contributed by atoms with E-state index in [-0.39, 0.29) is 0 Å². The molecule has 0 bridgehead atoms. The first-order valence-corrected chi connectivity index (χ1v) is 6.06. The van der Waals surface area contributed by atoms with Crippen molar-refractivity contribution in [2.24, 2.45) is 7.05 Å². The Kier molecular flexibility index (Phi) is 3.00. The lowest BCUT2D eigenvalue weighted by molar-refractivity contribution is 0.682. The van der Waals surface area contributed by atoms with E-state index < -0.39 is 10.8 Å². The number of benzene rings is 1. The molecule has 1 atom stereocenters. The van der Waals surface area contributed by atoms with Gasteiger partial charge in [0.05, 0.1) is 22.2 Å². The highest BCUT2D eigenvalue weighted by Gasteiger charge is 2.07. The summed E-state index contributed by atoms with van der Waals surface area (Å²) in [5.41, 5.74) is 6.95. The lowest BCUT2D eigenvalue weighted by atomic mass is 10.3. The number of aromatic nitrogens is 3. The molecule has 16 heavy (non-hydrogen) atoms.